The summed E-state index contributed by atoms with van der Waals surface area (Å²) >= 11 is 1.28. The van der Waals surface area contributed by atoms with Crippen LogP contribution in [0.2, 0.25) is 0 Å². The van der Waals surface area contributed by atoms with Gasteiger partial charge in [0.05, 0.1) is 11.8 Å². The van der Waals surface area contributed by atoms with Crippen LogP contribution in [0, 0.1) is 0 Å². The second kappa shape index (κ2) is 7.96. The highest BCUT2D eigenvalue weighted by atomic mass is 32.2. The molecular weight excluding hydrogens is 358 g/mol. The molecule has 1 heterocycles. The number of amides is 1. The van der Waals surface area contributed by atoms with Crippen molar-refractivity contribution in [2.45, 2.75) is 36.9 Å². The maximum Gasteiger partial charge on any atom is 0.277 e. The van der Waals surface area contributed by atoms with E-state index in [1.54, 1.807) is 0 Å². The van der Waals surface area contributed by atoms with Crippen LogP contribution < -0.4 is 5.32 Å². The Bertz CT molecular complexity index is 905. The highest BCUT2D eigenvalue weighted by Crippen LogP contribution is 2.39. The summed E-state index contributed by atoms with van der Waals surface area (Å²) in [4.78, 5) is 12.2. The maximum absolute atomic E-state index is 12.2. The van der Waals surface area contributed by atoms with Gasteiger partial charge in [0.1, 0.15) is 0 Å². The van der Waals surface area contributed by atoms with Crippen molar-refractivity contribution < 1.29 is 9.21 Å². The van der Waals surface area contributed by atoms with Crippen molar-refractivity contribution in [3.05, 3.63) is 66.1 Å². The quantitative estimate of drug-likeness (QED) is 0.609. The van der Waals surface area contributed by atoms with Crippen LogP contribution in [0.5, 0.6) is 0 Å². The van der Waals surface area contributed by atoms with E-state index in [2.05, 4.69) is 51.9 Å². The van der Waals surface area contributed by atoms with Crippen molar-refractivity contribution in [1.82, 2.24) is 15.5 Å². The van der Waals surface area contributed by atoms with Crippen molar-refractivity contribution in [1.29, 1.82) is 0 Å². The van der Waals surface area contributed by atoms with Crippen LogP contribution >= 0.6 is 11.8 Å². The number of rotatable bonds is 7. The van der Waals surface area contributed by atoms with Crippen LogP contribution in [-0.2, 0) is 4.79 Å². The fourth-order valence-corrected chi connectivity index (χ4v) is 3.44. The molecule has 0 aliphatic heterocycles. The lowest BCUT2D eigenvalue weighted by Gasteiger charge is -2.14. The third-order valence-corrected chi connectivity index (χ3v) is 5.39. The number of hydrogen-bond acceptors (Lipinski definition) is 5. The molecule has 1 aromatic heterocycles. The Morgan fingerprint density at radius 2 is 1.81 bits per heavy atom. The smallest absolute Gasteiger partial charge is 0.277 e. The topological polar surface area (TPSA) is 68.0 Å². The Labute approximate surface area is 162 Å². The van der Waals surface area contributed by atoms with Crippen LogP contribution in [0.3, 0.4) is 0 Å². The number of benzene rings is 2. The first-order chi connectivity index (χ1) is 13.2. The fourth-order valence-electron chi connectivity index (χ4n) is 2.86. The molecule has 27 heavy (non-hydrogen) atoms. The van der Waals surface area contributed by atoms with Crippen LogP contribution in [0.15, 0.2) is 64.2 Å². The number of carbonyl (C=O) groups is 1. The van der Waals surface area contributed by atoms with Crippen LogP contribution in [0.4, 0.5) is 0 Å². The largest absolute Gasteiger partial charge is 0.416 e. The Kier molecular flexibility index (Phi) is 5.25. The van der Waals surface area contributed by atoms with Gasteiger partial charge in [0, 0.05) is 5.92 Å². The normalized spacial score (nSPS) is 14.7. The van der Waals surface area contributed by atoms with Gasteiger partial charge < -0.3 is 9.73 Å². The summed E-state index contributed by atoms with van der Waals surface area (Å²) in [5, 5.41) is 11.5. The molecule has 1 aliphatic carbocycles. The highest BCUT2D eigenvalue weighted by molar-refractivity contribution is 7.99. The summed E-state index contributed by atoms with van der Waals surface area (Å²) < 4.78 is 5.56. The minimum absolute atomic E-state index is 0.0502. The Morgan fingerprint density at radius 1 is 1.11 bits per heavy atom. The van der Waals surface area contributed by atoms with Gasteiger partial charge in [0.2, 0.25) is 11.8 Å². The number of thioether (sulfide) groups is 1. The zero-order chi connectivity index (χ0) is 18.6. The molecule has 1 amide bonds. The Morgan fingerprint density at radius 3 is 2.52 bits per heavy atom. The second-order valence-corrected chi connectivity index (χ2v) is 7.67. The third-order valence-electron chi connectivity index (χ3n) is 4.57. The summed E-state index contributed by atoms with van der Waals surface area (Å²) in [5.41, 5.74) is 3.42. The lowest BCUT2D eigenvalue weighted by Crippen LogP contribution is -2.28. The summed E-state index contributed by atoms with van der Waals surface area (Å²) in [5.74, 6) is 1.34. The fraction of sp³-hybridized carbons (Fsp3) is 0.286. The van der Waals surface area contributed by atoms with Gasteiger partial charge in [-0.25, -0.2) is 0 Å². The molecule has 0 spiro atoms. The average molecular weight is 379 g/mol. The predicted octanol–water partition coefficient (Wildman–Crippen LogP) is 4.58. The molecular formula is C21H21N3O2S. The van der Waals surface area contributed by atoms with Gasteiger partial charge in [0.25, 0.3) is 5.22 Å². The molecule has 1 fully saturated rings. The van der Waals surface area contributed by atoms with Gasteiger partial charge in [-0.3, -0.25) is 4.79 Å². The van der Waals surface area contributed by atoms with E-state index in [9.17, 15) is 4.79 Å². The highest BCUT2D eigenvalue weighted by Gasteiger charge is 2.29. The second-order valence-electron chi connectivity index (χ2n) is 6.75. The Balaban J connectivity index is 1.29. The number of nitrogens with one attached hydrogen (secondary N) is 1. The molecule has 0 saturated heterocycles. The summed E-state index contributed by atoms with van der Waals surface area (Å²) in [6.07, 6.45) is 2.24. The first kappa shape index (κ1) is 17.8. The lowest BCUT2D eigenvalue weighted by molar-refractivity contribution is -0.119. The SMILES string of the molecule is CC(NC(=O)CSc1nnc(C2CC2)o1)c1ccc(-c2ccccc2)cc1. The van der Waals surface area contributed by atoms with Gasteiger partial charge in [-0.1, -0.05) is 66.4 Å². The summed E-state index contributed by atoms with van der Waals surface area (Å²) in [7, 11) is 0. The average Bonchev–Trinajstić information content (AvgIpc) is 3.45. The van der Waals surface area contributed by atoms with Crippen molar-refractivity contribution >= 4 is 17.7 Å². The van der Waals surface area contributed by atoms with Gasteiger partial charge >= 0.3 is 0 Å². The van der Waals surface area contributed by atoms with Crippen molar-refractivity contribution in [2.24, 2.45) is 0 Å². The molecule has 1 saturated carbocycles. The van der Waals surface area contributed by atoms with Crippen molar-refractivity contribution in [3.8, 4) is 11.1 Å². The van der Waals surface area contributed by atoms with Gasteiger partial charge in [0.15, 0.2) is 0 Å². The molecule has 0 bridgehead atoms. The molecule has 3 aromatic rings. The summed E-state index contributed by atoms with van der Waals surface area (Å²) in [6, 6.07) is 18.5. The van der Waals surface area contributed by atoms with Gasteiger partial charge in [-0.2, -0.15) is 0 Å². The molecule has 0 radical (unpaired) electrons. The molecule has 1 N–H and O–H groups in total. The van der Waals surface area contributed by atoms with Gasteiger partial charge in [-0.15, -0.1) is 10.2 Å². The van der Waals surface area contributed by atoms with Gasteiger partial charge in [-0.05, 0) is 36.5 Å². The van der Waals surface area contributed by atoms with Crippen LogP contribution in [0.25, 0.3) is 11.1 Å². The predicted molar refractivity (Wildman–Crippen MR) is 105 cm³/mol. The van der Waals surface area contributed by atoms with Crippen LogP contribution in [-0.4, -0.2) is 21.9 Å². The molecule has 138 valence electrons. The zero-order valence-corrected chi connectivity index (χ0v) is 15.9. The van der Waals surface area contributed by atoms with Crippen LogP contribution in [0.1, 0.15) is 43.2 Å². The minimum Gasteiger partial charge on any atom is -0.416 e. The zero-order valence-electron chi connectivity index (χ0n) is 15.1. The van der Waals surface area contributed by atoms with E-state index < -0.39 is 0 Å². The molecule has 2 aromatic carbocycles. The lowest BCUT2D eigenvalue weighted by atomic mass is 10.0. The van der Waals surface area contributed by atoms with E-state index in [0.717, 1.165) is 24.0 Å². The molecule has 1 atom stereocenters. The number of hydrogen-bond donors (Lipinski definition) is 1. The number of carbonyl (C=O) groups excluding carboxylic acids is 1. The van der Waals surface area contributed by atoms with E-state index in [1.165, 1.54) is 17.3 Å². The van der Waals surface area contributed by atoms with E-state index in [1.807, 2.05) is 25.1 Å². The molecule has 1 aliphatic rings. The third kappa shape index (κ3) is 4.57. The maximum atomic E-state index is 12.2. The van der Waals surface area contributed by atoms with E-state index in [-0.39, 0.29) is 17.7 Å². The van der Waals surface area contributed by atoms with Crippen molar-refractivity contribution in [3.63, 3.8) is 0 Å². The molecule has 6 heteroatoms. The standard InChI is InChI=1S/C21H21N3O2S/c1-14(15-7-9-17(10-8-15)16-5-3-2-4-6-16)22-19(25)13-27-21-24-23-20(26-21)18-11-12-18/h2-10,14,18H,11-13H2,1H3,(H,22,25). The monoisotopic (exact) mass is 379 g/mol. The number of aromatic nitrogens is 2. The number of nitrogens with zero attached hydrogens (tertiary/aromatic N) is 2. The van der Waals surface area contributed by atoms with Crippen molar-refractivity contribution in [2.75, 3.05) is 5.75 Å². The Hall–Kier alpha value is -2.60. The first-order valence-corrected chi connectivity index (χ1v) is 10.1. The van der Waals surface area contributed by atoms with E-state index in [0.29, 0.717) is 17.0 Å². The van der Waals surface area contributed by atoms with E-state index in [4.69, 9.17) is 4.42 Å². The molecule has 1 unspecified atom stereocenters. The summed E-state index contributed by atoms with van der Waals surface area (Å²) in [6.45, 7) is 1.98. The minimum atomic E-state index is -0.0624. The first-order valence-electron chi connectivity index (χ1n) is 9.10. The molecule has 5 nitrogen and oxygen atoms in total. The molecule has 4 rings (SSSR count). The van der Waals surface area contributed by atoms with E-state index >= 15 is 0 Å².